The predicted molar refractivity (Wildman–Crippen MR) is 81.8 cm³/mol. The van der Waals surface area contributed by atoms with Gasteiger partial charge in [-0.05, 0) is 12.1 Å². The van der Waals surface area contributed by atoms with Gasteiger partial charge in [-0.1, -0.05) is 60.2 Å². The molecule has 4 heteroatoms. The lowest BCUT2D eigenvalue weighted by atomic mass is 9.84. The lowest BCUT2D eigenvalue weighted by Gasteiger charge is -2.29. The largest absolute Gasteiger partial charge is 0.232 e. The number of rotatable bonds is 2. The first-order valence-corrected chi connectivity index (χ1v) is 7.03. The number of alkyl halides is 1. The zero-order valence-electron chi connectivity index (χ0n) is 11.4. The van der Waals surface area contributed by atoms with Crippen molar-refractivity contribution in [2.45, 2.75) is 5.67 Å². The van der Waals surface area contributed by atoms with Crippen molar-refractivity contribution in [2.75, 3.05) is 0 Å². The first kappa shape index (κ1) is 14.9. The highest BCUT2D eigenvalue weighted by Gasteiger charge is 2.41. The highest BCUT2D eigenvalue weighted by Crippen LogP contribution is 2.47. The second-order valence-corrected chi connectivity index (χ2v) is 5.30. The van der Waals surface area contributed by atoms with E-state index in [-0.39, 0.29) is 21.7 Å². The molecule has 1 atom stereocenters. The molecule has 0 spiro atoms. The van der Waals surface area contributed by atoms with Crippen LogP contribution >= 0.6 is 11.6 Å². The first-order valence-electron chi connectivity index (χ1n) is 6.65. The topological polar surface area (TPSA) is 0 Å². The molecule has 0 aliphatic heterocycles. The second-order valence-electron chi connectivity index (χ2n) is 4.92. The summed E-state index contributed by atoms with van der Waals surface area (Å²) in [6.07, 6.45) is 4.09. The number of benzene rings is 2. The Kier molecular flexibility index (Phi) is 3.83. The molecular weight excluding hydrogens is 309 g/mol. The third-order valence-corrected chi connectivity index (χ3v) is 4.05. The number of hydrogen-bond acceptors (Lipinski definition) is 0. The van der Waals surface area contributed by atoms with Crippen molar-refractivity contribution in [3.05, 3.63) is 94.9 Å². The molecule has 0 saturated heterocycles. The molecule has 0 fully saturated rings. The van der Waals surface area contributed by atoms with Crippen LogP contribution in [0.3, 0.4) is 0 Å². The van der Waals surface area contributed by atoms with Crippen molar-refractivity contribution in [1.82, 2.24) is 0 Å². The number of hydrogen-bond donors (Lipinski definition) is 0. The van der Waals surface area contributed by atoms with Gasteiger partial charge in [0, 0.05) is 23.1 Å². The number of allylic oxidation sites excluding steroid dienone is 4. The SMILES string of the molecule is Fc1ccccc1C1=C(Cl)C(F)(c2ccccc2F)[CH]C=C1. The Bertz CT molecular complexity index is 779. The van der Waals surface area contributed by atoms with Crippen molar-refractivity contribution in [3.8, 4) is 0 Å². The third kappa shape index (κ3) is 2.35. The molecule has 1 radical (unpaired) electrons. The van der Waals surface area contributed by atoms with Crippen LogP contribution in [0.4, 0.5) is 13.2 Å². The van der Waals surface area contributed by atoms with Gasteiger partial charge in [-0.3, -0.25) is 0 Å². The molecule has 2 aromatic carbocycles. The molecule has 1 unspecified atom stereocenters. The minimum absolute atomic E-state index is 0.176. The predicted octanol–water partition coefficient (Wildman–Crippen LogP) is 5.55. The van der Waals surface area contributed by atoms with Crippen LogP contribution in [-0.4, -0.2) is 0 Å². The van der Waals surface area contributed by atoms with Gasteiger partial charge in [0.15, 0.2) is 5.67 Å². The van der Waals surface area contributed by atoms with Crippen molar-refractivity contribution in [1.29, 1.82) is 0 Å². The molecular formula is C18H11ClF3. The van der Waals surface area contributed by atoms with Gasteiger partial charge in [0.25, 0.3) is 0 Å². The summed E-state index contributed by atoms with van der Waals surface area (Å²) in [6.45, 7) is 0. The normalized spacial score (nSPS) is 21.3. The molecule has 0 bridgehead atoms. The van der Waals surface area contributed by atoms with E-state index in [0.717, 1.165) is 12.5 Å². The summed E-state index contributed by atoms with van der Waals surface area (Å²) in [6, 6.07) is 11.4. The molecule has 0 amide bonds. The van der Waals surface area contributed by atoms with Crippen molar-refractivity contribution in [3.63, 3.8) is 0 Å². The Balaban J connectivity index is 2.19. The zero-order valence-corrected chi connectivity index (χ0v) is 12.1. The second kappa shape index (κ2) is 5.65. The summed E-state index contributed by atoms with van der Waals surface area (Å²) in [4.78, 5) is 0. The lowest BCUT2D eigenvalue weighted by molar-refractivity contribution is 0.271. The van der Waals surface area contributed by atoms with E-state index in [4.69, 9.17) is 11.6 Å². The molecule has 1 aliphatic carbocycles. The van der Waals surface area contributed by atoms with Crippen LogP contribution in [0.1, 0.15) is 11.1 Å². The Labute approximate surface area is 131 Å². The van der Waals surface area contributed by atoms with Crippen molar-refractivity contribution >= 4 is 17.2 Å². The molecule has 0 N–H and O–H groups in total. The lowest BCUT2D eigenvalue weighted by Crippen LogP contribution is -2.25. The van der Waals surface area contributed by atoms with Gasteiger partial charge in [-0.2, -0.15) is 0 Å². The van der Waals surface area contributed by atoms with Crippen LogP contribution < -0.4 is 0 Å². The maximum atomic E-state index is 15.4. The van der Waals surface area contributed by atoms with E-state index >= 15 is 4.39 Å². The van der Waals surface area contributed by atoms with E-state index < -0.39 is 17.3 Å². The number of halogens is 4. The molecule has 0 heterocycles. The average Bonchev–Trinajstić information content (AvgIpc) is 2.51. The van der Waals surface area contributed by atoms with E-state index in [1.807, 2.05) is 0 Å². The Morgan fingerprint density at radius 1 is 0.864 bits per heavy atom. The van der Waals surface area contributed by atoms with Crippen LogP contribution in [0, 0.1) is 18.1 Å². The quantitative estimate of drug-likeness (QED) is 0.680. The van der Waals surface area contributed by atoms with E-state index in [2.05, 4.69) is 0 Å². The Morgan fingerprint density at radius 3 is 2.18 bits per heavy atom. The van der Waals surface area contributed by atoms with E-state index in [1.54, 1.807) is 6.07 Å². The van der Waals surface area contributed by atoms with Gasteiger partial charge in [-0.25, -0.2) is 13.2 Å². The molecule has 0 saturated carbocycles. The molecule has 0 nitrogen and oxygen atoms in total. The maximum Gasteiger partial charge on any atom is 0.181 e. The van der Waals surface area contributed by atoms with Gasteiger partial charge in [0.1, 0.15) is 11.6 Å². The molecule has 22 heavy (non-hydrogen) atoms. The van der Waals surface area contributed by atoms with Gasteiger partial charge >= 0.3 is 0 Å². The molecule has 1 aliphatic rings. The van der Waals surface area contributed by atoms with E-state index in [1.165, 1.54) is 48.6 Å². The fourth-order valence-electron chi connectivity index (χ4n) is 2.47. The van der Waals surface area contributed by atoms with Gasteiger partial charge in [-0.15, -0.1) is 0 Å². The summed E-state index contributed by atoms with van der Waals surface area (Å²) in [5.41, 5.74) is -2.14. The zero-order chi connectivity index (χ0) is 15.7. The molecule has 3 rings (SSSR count). The van der Waals surface area contributed by atoms with Gasteiger partial charge < -0.3 is 0 Å². The van der Waals surface area contributed by atoms with Crippen molar-refractivity contribution < 1.29 is 13.2 Å². The van der Waals surface area contributed by atoms with Crippen LogP contribution in [0.15, 0.2) is 65.7 Å². The maximum absolute atomic E-state index is 15.4. The minimum Gasteiger partial charge on any atom is -0.232 e. The summed E-state index contributed by atoms with van der Waals surface area (Å²) >= 11 is 6.19. The molecule has 111 valence electrons. The molecule has 0 aromatic heterocycles. The van der Waals surface area contributed by atoms with E-state index in [0.29, 0.717) is 0 Å². The first-order chi connectivity index (χ1) is 10.5. The van der Waals surface area contributed by atoms with Crippen LogP contribution in [-0.2, 0) is 5.67 Å². The third-order valence-electron chi connectivity index (χ3n) is 3.57. The highest BCUT2D eigenvalue weighted by atomic mass is 35.5. The van der Waals surface area contributed by atoms with Gasteiger partial charge in [0.2, 0.25) is 0 Å². The van der Waals surface area contributed by atoms with Crippen LogP contribution in [0.2, 0.25) is 0 Å². The fraction of sp³-hybridized carbons (Fsp3) is 0.0556. The van der Waals surface area contributed by atoms with E-state index in [9.17, 15) is 8.78 Å². The van der Waals surface area contributed by atoms with Gasteiger partial charge in [0.05, 0.1) is 5.03 Å². The summed E-state index contributed by atoms with van der Waals surface area (Å²) < 4.78 is 43.3. The molecule has 2 aromatic rings. The summed E-state index contributed by atoms with van der Waals surface area (Å²) in [7, 11) is 0. The summed E-state index contributed by atoms with van der Waals surface area (Å²) in [5, 5.41) is -0.259. The minimum atomic E-state index is -2.32. The Hall–Kier alpha value is -2.00. The Morgan fingerprint density at radius 2 is 1.50 bits per heavy atom. The summed E-state index contributed by atoms with van der Waals surface area (Å²) in [5.74, 6) is -1.22. The highest BCUT2D eigenvalue weighted by molar-refractivity contribution is 6.34. The monoisotopic (exact) mass is 319 g/mol. The van der Waals surface area contributed by atoms with Crippen LogP contribution in [0.5, 0.6) is 0 Å². The fourth-order valence-corrected chi connectivity index (χ4v) is 2.80. The smallest absolute Gasteiger partial charge is 0.181 e. The average molecular weight is 320 g/mol. The van der Waals surface area contributed by atoms with Crippen molar-refractivity contribution in [2.24, 2.45) is 0 Å². The van der Waals surface area contributed by atoms with Crippen LogP contribution in [0.25, 0.3) is 5.57 Å². The standard InChI is InChI=1S/C18H11ClF3/c19-17-13(12-6-1-3-9-15(12)20)7-5-11-18(17,22)14-8-2-4-10-16(14)21/h1-11H.